The molecule has 0 fully saturated rings. The van der Waals surface area contributed by atoms with Crippen LogP contribution in [0.15, 0.2) is 188 Å². The van der Waals surface area contributed by atoms with Gasteiger partial charge in [0.15, 0.2) is 0 Å². The molecule has 0 bridgehead atoms. The smallest absolute Gasteiger partial charge is 0.141 e. The number of hydrogen-bond acceptors (Lipinski definition) is 2. The van der Waals surface area contributed by atoms with Crippen LogP contribution >= 0.6 is 0 Å². The van der Waals surface area contributed by atoms with Crippen LogP contribution in [0.3, 0.4) is 0 Å². The van der Waals surface area contributed by atoms with Crippen molar-refractivity contribution in [3.63, 3.8) is 0 Å². The molecule has 2 nitrogen and oxygen atoms in total. The average Bonchev–Trinajstić information content (AvgIpc) is 3.50. The van der Waals surface area contributed by atoms with E-state index in [4.69, 9.17) is 0 Å². The molecule has 0 aromatic heterocycles. The van der Waals surface area contributed by atoms with Gasteiger partial charge in [-0.3, -0.25) is 0 Å². The molecule has 2 atom stereocenters. The zero-order chi connectivity index (χ0) is 39.4. The van der Waals surface area contributed by atoms with Gasteiger partial charge in [-0.1, -0.05) is 189 Å². The van der Waals surface area contributed by atoms with Crippen LogP contribution in [0.5, 0.6) is 0 Å². The molecule has 2 unspecified atom stereocenters. The topological polar surface area (TPSA) is 40.5 Å². The maximum atomic E-state index is 13.8. The van der Waals surface area contributed by atoms with Gasteiger partial charge in [0.05, 0.1) is 0 Å². The highest BCUT2D eigenvalue weighted by Crippen LogP contribution is 2.55. The molecule has 0 spiro atoms. The SMILES string of the molecule is Cc1ccc(-c2ccc3c(c2)[Si](C)(C)c2cc4c(cc2-3)C(O)(c2ccccc2)c2ccc(-c3cccc5ccccc35)cc2C4(O)c2ccccc2)c2ccccc12. The summed E-state index contributed by atoms with van der Waals surface area (Å²) in [6, 6.07) is 65.8. The lowest BCUT2D eigenvalue weighted by molar-refractivity contribution is 0.0750. The molecular formula is C55H42O2Si. The van der Waals surface area contributed by atoms with Crippen LogP contribution in [0.25, 0.3) is 54.9 Å². The minimum absolute atomic E-state index is 0.679. The number of aliphatic hydroxyl groups is 2. The summed E-state index contributed by atoms with van der Waals surface area (Å²) in [5.74, 6) is 0. The van der Waals surface area contributed by atoms with E-state index in [-0.39, 0.29) is 0 Å². The fraction of sp³-hybridized carbons (Fsp3) is 0.0909. The number of hydrogen-bond donors (Lipinski definition) is 2. The summed E-state index contributed by atoms with van der Waals surface area (Å²) in [4.78, 5) is 0. The van der Waals surface area contributed by atoms with Gasteiger partial charge in [0, 0.05) is 0 Å². The Morgan fingerprint density at radius 2 is 0.897 bits per heavy atom. The largest absolute Gasteiger partial charge is 0.376 e. The Bertz CT molecular complexity index is 3130. The molecule has 1 aliphatic heterocycles. The third-order valence-electron chi connectivity index (χ3n) is 13.3. The molecular weight excluding hydrogens is 721 g/mol. The number of fused-ring (bicyclic) bond motifs is 7. The summed E-state index contributed by atoms with van der Waals surface area (Å²) in [6.45, 7) is 7.04. The van der Waals surface area contributed by atoms with Gasteiger partial charge in [-0.2, -0.15) is 0 Å². The monoisotopic (exact) mass is 762 g/mol. The van der Waals surface area contributed by atoms with Gasteiger partial charge < -0.3 is 10.2 Å². The molecule has 1 aliphatic carbocycles. The van der Waals surface area contributed by atoms with Crippen LogP contribution in [-0.4, -0.2) is 18.3 Å². The normalized spacial score (nSPS) is 18.7. The fourth-order valence-corrected chi connectivity index (χ4v) is 13.4. The second-order valence-corrected chi connectivity index (χ2v) is 21.1. The molecule has 278 valence electrons. The Balaban J connectivity index is 1.19. The quantitative estimate of drug-likeness (QED) is 0.175. The summed E-state index contributed by atoms with van der Waals surface area (Å²) in [7, 11) is -2.35. The van der Waals surface area contributed by atoms with Crippen molar-refractivity contribution in [2.45, 2.75) is 31.2 Å². The molecule has 0 radical (unpaired) electrons. The molecule has 0 saturated heterocycles. The zero-order valence-corrected chi connectivity index (χ0v) is 33.8. The predicted octanol–water partition coefficient (Wildman–Crippen LogP) is 11.3. The van der Waals surface area contributed by atoms with E-state index in [9.17, 15) is 10.2 Å². The minimum atomic E-state index is -2.35. The van der Waals surface area contributed by atoms with Crippen LogP contribution < -0.4 is 10.4 Å². The Morgan fingerprint density at radius 3 is 1.64 bits per heavy atom. The maximum absolute atomic E-state index is 13.8. The summed E-state index contributed by atoms with van der Waals surface area (Å²) in [6.07, 6.45) is 0. The van der Waals surface area contributed by atoms with Crippen molar-refractivity contribution in [3.8, 4) is 33.4 Å². The lowest BCUT2D eigenvalue weighted by atomic mass is 9.62. The second-order valence-electron chi connectivity index (χ2n) is 16.7. The summed E-state index contributed by atoms with van der Waals surface area (Å²) < 4.78 is 0. The van der Waals surface area contributed by atoms with Crippen molar-refractivity contribution >= 4 is 40.0 Å². The molecule has 9 aromatic rings. The molecule has 2 aliphatic rings. The van der Waals surface area contributed by atoms with Crippen molar-refractivity contribution in [2.75, 3.05) is 0 Å². The van der Waals surface area contributed by atoms with E-state index in [2.05, 4.69) is 141 Å². The highest BCUT2D eigenvalue weighted by atomic mass is 28.3. The van der Waals surface area contributed by atoms with Gasteiger partial charge in [-0.15, -0.1) is 0 Å². The third kappa shape index (κ3) is 4.79. The lowest BCUT2D eigenvalue weighted by Crippen LogP contribution is -2.51. The van der Waals surface area contributed by atoms with E-state index in [1.54, 1.807) is 0 Å². The molecule has 11 rings (SSSR count). The van der Waals surface area contributed by atoms with Crippen molar-refractivity contribution in [2.24, 2.45) is 0 Å². The van der Waals surface area contributed by atoms with E-state index >= 15 is 0 Å². The van der Waals surface area contributed by atoms with Crippen LogP contribution in [0.4, 0.5) is 0 Å². The number of rotatable bonds is 4. The molecule has 0 saturated carbocycles. The minimum Gasteiger partial charge on any atom is -0.376 e. The summed E-state index contributed by atoms with van der Waals surface area (Å²) in [5.41, 5.74) is 9.38. The van der Waals surface area contributed by atoms with Crippen molar-refractivity contribution in [1.29, 1.82) is 0 Å². The van der Waals surface area contributed by atoms with Gasteiger partial charge >= 0.3 is 0 Å². The average molecular weight is 763 g/mol. The first-order chi connectivity index (χ1) is 28.2. The summed E-state index contributed by atoms with van der Waals surface area (Å²) >= 11 is 0. The van der Waals surface area contributed by atoms with Gasteiger partial charge in [-0.05, 0) is 123 Å². The van der Waals surface area contributed by atoms with Crippen LogP contribution in [0, 0.1) is 6.92 Å². The van der Waals surface area contributed by atoms with Gasteiger partial charge in [0.1, 0.15) is 19.3 Å². The Hall–Kier alpha value is -6.36. The highest BCUT2D eigenvalue weighted by molar-refractivity contribution is 7.03. The van der Waals surface area contributed by atoms with E-state index in [0.29, 0.717) is 16.7 Å². The van der Waals surface area contributed by atoms with Gasteiger partial charge in [-0.25, -0.2) is 0 Å². The summed E-state index contributed by atoms with van der Waals surface area (Å²) in [5, 5.41) is 35.0. The van der Waals surface area contributed by atoms with E-state index in [0.717, 1.165) is 44.2 Å². The van der Waals surface area contributed by atoms with Crippen molar-refractivity contribution < 1.29 is 10.2 Å². The van der Waals surface area contributed by atoms with Gasteiger partial charge in [0.2, 0.25) is 0 Å². The Morgan fingerprint density at radius 1 is 0.379 bits per heavy atom. The molecule has 58 heavy (non-hydrogen) atoms. The molecule has 2 N–H and O–H groups in total. The zero-order valence-electron chi connectivity index (χ0n) is 32.8. The van der Waals surface area contributed by atoms with E-state index in [1.165, 1.54) is 43.4 Å². The van der Waals surface area contributed by atoms with Gasteiger partial charge in [0.25, 0.3) is 0 Å². The molecule has 1 heterocycles. The first-order valence-corrected chi connectivity index (χ1v) is 23.2. The van der Waals surface area contributed by atoms with Crippen LogP contribution in [0.2, 0.25) is 13.1 Å². The molecule has 9 aromatic carbocycles. The van der Waals surface area contributed by atoms with Crippen LogP contribution in [-0.2, 0) is 11.2 Å². The lowest BCUT2D eigenvalue weighted by Gasteiger charge is -2.46. The predicted molar refractivity (Wildman–Crippen MR) is 243 cm³/mol. The van der Waals surface area contributed by atoms with Crippen molar-refractivity contribution in [3.05, 3.63) is 227 Å². The molecule has 0 amide bonds. The first kappa shape index (κ1) is 34.9. The van der Waals surface area contributed by atoms with E-state index < -0.39 is 19.3 Å². The molecule has 3 heteroatoms. The first-order valence-electron chi connectivity index (χ1n) is 20.2. The van der Waals surface area contributed by atoms with Crippen molar-refractivity contribution in [1.82, 2.24) is 0 Å². The highest BCUT2D eigenvalue weighted by Gasteiger charge is 2.53. The standard InChI is InChI=1S/C55H42O2Si/c1-35-25-28-44(45-23-13-12-21-41(35)45)38-26-29-46-47-33-50-51(34-53(47)58(2,3)52(46)32-38)55(57,40-19-8-5-9-20-40)49-31-37(43-24-14-16-36-15-10-11-22-42(36)43)27-30-48(49)54(50,56)39-17-6-4-7-18-39/h4-34,56-57H,1-3H3. The number of aryl methyl sites for hydroxylation is 1. The van der Waals surface area contributed by atoms with Crippen LogP contribution in [0.1, 0.15) is 38.9 Å². The Labute approximate surface area is 340 Å². The Kier molecular flexibility index (Phi) is 7.55. The second kappa shape index (κ2) is 12.6. The van der Waals surface area contributed by atoms with E-state index in [1.807, 2.05) is 66.7 Å². The maximum Gasteiger partial charge on any atom is 0.141 e. The number of benzene rings is 9. The third-order valence-corrected chi connectivity index (χ3v) is 16.9. The fourth-order valence-electron chi connectivity index (χ4n) is 10.3.